The summed E-state index contributed by atoms with van der Waals surface area (Å²) in [7, 11) is 0. The minimum absolute atomic E-state index is 0.151. The van der Waals surface area contributed by atoms with Gasteiger partial charge in [-0.3, -0.25) is 10.1 Å². The summed E-state index contributed by atoms with van der Waals surface area (Å²) in [6.45, 7) is 3.94. The maximum atomic E-state index is 11.8. The predicted octanol–water partition coefficient (Wildman–Crippen LogP) is 0.979. The zero-order valence-corrected chi connectivity index (χ0v) is 12.1. The van der Waals surface area contributed by atoms with Crippen molar-refractivity contribution in [2.75, 3.05) is 29.4 Å². The molecule has 6 nitrogen and oxygen atoms in total. The number of fused-ring (bicyclic) bond motifs is 1. The van der Waals surface area contributed by atoms with Crippen molar-refractivity contribution < 1.29 is 9.59 Å². The van der Waals surface area contributed by atoms with Crippen LogP contribution < -0.4 is 20.9 Å². The molecule has 3 rings (SSSR count). The Morgan fingerprint density at radius 3 is 2.76 bits per heavy atom. The number of urea groups is 1. The number of anilines is 2. The van der Waals surface area contributed by atoms with Crippen molar-refractivity contribution in [3.8, 4) is 0 Å². The third-order valence-corrected chi connectivity index (χ3v) is 4.04. The van der Waals surface area contributed by atoms with Crippen LogP contribution in [0.5, 0.6) is 0 Å². The maximum absolute atomic E-state index is 11.8. The number of hydrogen-bond acceptors (Lipinski definition) is 4. The fourth-order valence-electron chi connectivity index (χ4n) is 3.00. The lowest BCUT2D eigenvalue weighted by Gasteiger charge is -2.39. The topological polar surface area (TPSA) is 78.7 Å². The summed E-state index contributed by atoms with van der Waals surface area (Å²) in [6, 6.07) is 5.98. The van der Waals surface area contributed by atoms with Crippen molar-refractivity contribution in [3.05, 3.63) is 23.8 Å². The number of aryl methyl sites for hydroxylation is 1. The molecule has 21 heavy (non-hydrogen) atoms. The number of imide groups is 1. The standard InChI is InChI=1S/C15H20N4O2/c1-10-3-2-4-12-14(10)19(11-5-6-11)8-7-18(12)9-13(20)17-15(16)21/h2-4,11H,5-9H2,1H3,(H3,16,17,20,21). The molecule has 3 amide bonds. The van der Waals surface area contributed by atoms with Gasteiger partial charge in [0.2, 0.25) is 5.91 Å². The van der Waals surface area contributed by atoms with E-state index in [1.165, 1.54) is 24.1 Å². The van der Waals surface area contributed by atoms with Crippen molar-refractivity contribution in [2.45, 2.75) is 25.8 Å². The van der Waals surface area contributed by atoms with Crippen molar-refractivity contribution >= 4 is 23.3 Å². The lowest BCUT2D eigenvalue weighted by molar-refractivity contribution is -0.118. The molecule has 1 heterocycles. The zero-order chi connectivity index (χ0) is 15.0. The number of nitrogens with two attached hydrogens (primary N) is 1. The summed E-state index contributed by atoms with van der Waals surface area (Å²) in [4.78, 5) is 27.0. The van der Waals surface area contributed by atoms with E-state index >= 15 is 0 Å². The van der Waals surface area contributed by atoms with Gasteiger partial charge in [-0.2, -0.15) is 0 Å². The van der Waals surface area contributed by atoms with Crippen LogP contribution in [-0.2, 0) is 4.79 Å². The first-order valence-electron chi connectivity index (χ1n) is 7.27. The summed E-state index contributed by atoms with van der Waals surface area (Å²) >= 11 is 0. The highest BCUT2D eigenvalue weighted by Gasteiger charge is 2.35. The molecule has 1 aliphatic carbocycles. The number of benzene rings is 1. The van der Waals surface area contributed by atoms with Crippen LogP contribution in [0, 0.1) is 6.92 Å². The van der Waals surface area contributed by atoms with Gasteiger partial charge in [0.25, 0.3) is 0 Å². The van der Waals surface area contributed by atoms with E-state index in [0.717, 1.165) is 18.8 Å². The highest BCUT2D eigenvalue weighted by Crippen LogP contribution is 2.41. The van der Waals surface area contributed by atoms with Crippen LogP contribution in [0.15, 0.2) is 18.2 Å². The highest BCUT2D eigenvalue weighted by atomic mass is 16.2. The maximum Gasteiger partial charge on any atom is 0.318 e. The fourth-order valence-corrected chi connectivity index (χ4v) is 3.00. The molecule has 0 aromatic heterocycles. The van der Waals surface area contributed by atoms with E-state index in [1.54, 1.807) is 0 Å². The number of nitrogens with one attached hydrogen (secondary N) is 1. The molecule has 0 unspecified atom stereocenters. The van der Waals surface area contributed by atoms with E-state index in [1.807, 2.05) is 17.0 Å². The van der Waals surface area contributed by atoms with E-state index in [-0.39, 0.29) is 12.5 Å². The summed E-state index contributed by atoms with van der Waals surface area (Å²) in [6.07, 6.45) is 2.49. The van der Waals surface area contributed by atoms with Gasteiger partial charge in [-0.1, -0.05) is 12.1 Å². The average molecular weight is 288 g/mol. The third kappa shape index (κ3) is 2.79. The van der Waals surface area contributed by atoms with Gasteiger partial charge < -0.3 is 15.5 Å². The molecule has 1 aliphatic heterocycles. The molecule has 3 N–H and O–H groups in total. The van der Waals surface area contributed by atoms with Gasteiger partial charge >= 0.3 is 6.03 Å². The van der Waals surface area contributed by atoms with Crippen LogP contribution in [0.4, 0.5) is 16.2 Å². The van der Waals surface area contributed by atoms with Crippen molar-refractivity contribution in [1.82, 2.24) is 5.32 Å². The van der Waals surface area contributed by atoms with Gasteiger partial charge in [0.1, 0.15) is 0 Å². The quantitative estimate of drug-likeness (QED) is 0.869. The van der Waals surface area contributed by atoms with E-state index in [0.29, 0.717) is 6.04 Å². The minimum Gasteiger partial charge on any atom is -0.365 e. The SMILES string of the molecule is Cc1cccc2c1N(C1CC1)CCN2CC(=O)NC(N)=O. The number of primary amides is 1. The monoisotopic (exact) mass is 288 g/mol. The first-order valence-corrected chi connectivity index (χ1v) is 7.27. The Bertz CT molecular complexity index is 583. The number of carbonyl (C=O) groups is 2. The molecule has 6 heteroatoms. The van der Waals surface area contributed by atoms with Crippen molar-refractivity contribution in [1.29, 1.82) is 0 Å². The number of nitrogens with zero attached hydrogens (tertiary/aromatic N) is 2. The zero-order valence-electron chi connectivity index (χ0n) is 12.1. The minimum atomic E-state index is -0.805. The molecule has 2 aliphatic rings. The van der Waals surface area contributed by atoms with E-state index in [4.69, 9.17) is 5.73 Å². The first kappa shape index (κ1) is 13.7. The molecule has 1 saturated carbocycles. The molecule has 0 radical (unpaired) electrons. The second-order valence-corrected chi connectivity index (χ2v) is 5.70. The second kappa shape index (κ2) is 5.27. The number of hydrogen-bond donors (Lipinski definition) is 2. The van der Waals surface area contributed by atoms with E-state index in [9.17, 15) is 9.59 Å². The molecule has 0 atom stereocenters. The molecule has 0 spiro atoms. The predicted molar refractivity (Wildman–Crippen MR) is 81.5 cm³/mol. The Labute approximate surface area is 123 Å². The number of amides is 3. The van der Waals surface area contributed by atoms with Crippen LogP contribution in [-0.4, -0.2) is 37.6 Å². The lowest BCUT2D eigenvalue weighted by Crippen LogP contribution is -2.48. The molecular weight excluding hydrogens is 268 g/mol. The van der Waals surface area contributed by atoms with Crippen LogP contribution in [0.2, 0.25) is 0 Å². The Kier molecular flexibility index (Phi) is 3.45. The third-order valence-electron chi connectivity index (χ3n) is 4.04. The normalized spacial score (nSPS) is 17.4. The summed E-state index contributed by atoms with van der Waals surface area (Å²) in [5.74, 6) is -0.366. The summed E-state index contributed by atoms with van der Waals surface area (Å²) in [5, 5.41) is 2.13. The number of rotatable bonds is 3. The smallest absolute Gasteiger partial charge is 0.318 e. The van der Waals surface area contributed by atoms with Gasteiger partial charge in [-0.05, 0) is 31.4 Å². The Balaban J connectivity index is 1.84. The Morgan fingerprint density at radius 2 is 2.10 bits per heavy atom. The fraction of sp³-hybridized carbons (Fsp3) is 0.467. The molecule has 0 saturated heterocycles. The number of para-hydroxylation sites is 1. The van der Waals surface area contributed by atoms with Crippen LogP contribution in [0.25, 0.3) is 0 Å². The van der Waals surface area contributed by atoms with Crippen LogP contribution >= 0.6 is 0 Å². The van der Waals surface area contributed by atoms with Crippen LogP contribution in [0.1, 0.15) is 18.4 Å². The summed E-state index contributed by atoms with van der Waals surface area (Å²) < 4.78 is 0. The molecule has 0 bridgehead atoms. The molecule has 1 aromatic rings. The van der Waals surface area contributed by atoms with Gasteiger partial charge in [-0.25, -0.2) is 4.79 Å². The second-order valence-electron chi connectivity index (χ2n) is 5.70. The van der Waals surface area contributed by atoms with Crippen molar-refractivity contribution in [2.24, 2.45) is 5.73 Å². The first-order chi connectivity index (χ1) is 10.1. The molecule has 1 aromatic carbocycles. The summed E-state index contributed by atoms with van der Waals surface area (Å²) in [5.41, 5.74) is 8.49. The highest BCUT2D eigenvalue weighted by molar-refractivity contribution is 5.96. The number of carbonyl (C=O) groups excluding carboxylic acids is 2. The lowest BCUT2D eigenvalue weighted by atomic mass is 10.1. The van der Waals surface area contributed by atoms with Gasteiger partial charge in [-0.15, -0.1) is 0 Å². The molecular formula is C15H20N4O2. The van der Waals surface area contributed by atoms with Crippen LogP contribution in [0.3, 0.4) is 0 Å². The Morgan fingerprint density at radius 1 is 1.33 bits per heavy atom. The largest absolute Gasteiger partial charge is 0.365 e. The van der Waals surface area contributed by atoms with Gasteiger partial charge in [0, 0.05) is 19.1 Å². The Hall–Kier alpha value is -2.24. The molecule has 1 fully saturated rings. The van der Waals surface area contributed by atoms with E-state index in [2.05, 4.69) is 23.2 Å². The van der Waals surface area contributed by atoms with Gasteiger partial charge in [0.15, 0.2) is 0 Å². The van der Waals surface area contributed by atoms with Crippen molar-refractivity contribution in [3.63, 3.8) is 0 Å². The van der Waals surface area contributed by atoms with Gasteiger partial charge in [0.05, 0.1) is 17.9 Å². The average Bonchev–Trinajstić information content (AvgIpc) is 3.23. The molecule has 112 valence electrons. The van der Waals surface area contributed by atoms with E-state index < -0.39 is 6.03 Å².